The first-order valence-electron chi connectivity index (χ1n) is 5.87. The highest BCUT2D eigenvalue weighted by Gasteiger charge is 2.43. The van der Waals surface area contributed by atoms with Crippen molar-refractivity contribution in [2.45, 2.75) is 39.3 Å². The molecule has 0 saturated carbocycles. The van der Waals surface area contributed by atoms with Crippen molar-refractivity contribution in [1.29, 1.82) is 0 Å². The first kappa shape index (κ1) is 14.8. The lowest BCUT2D eigenvalue weighted by atomic mass is 9.83. The molecule has 1 heterocycles. The summed E-state index contributed by atoms with van der Waals surface area (Å²) in [6.45, 7) is 5.55. The standard InChI is InChI=1S/C11H19N3O4/c1-6-7(2)10(17-8(3)15)11(16-4)18-9(6)5-13-14-12/h6-7,9-11H,5H2,1-4H3/t6-,7+,9?,10?,11-/m1/s1. The van der Waals surface area contributed by atoms with E-state index in [0.29, 0.717) is 0 Å². The van der Waals surface area contributed by atoms with Crippen LogP contribution in [0.25, 0.3) is 10.4 Å². The number of ether oxygens (including phenoxy) is 3. The van der Waals surface area contributed by atoms with Crippen LogP contribution in [0.4, 0.5) is 0 Å². The van der Waals surface area contributed by atoms with E-state index in [2.05, 4.69) is 10.0 Å². The zero-order valence-corrected chi connectivity index (χ0v) is 11.1. The Balaban J connectivity index is 2.79. The van der Waals surface area contributed by atoms with Gasteiger partial charge >= 0.3 is 5.97 Å². The molecule has 102 valence electrons. The minimum absolute atomic E-state index is 0.0616. The third-order valence-corrected chi connectivity index (χ3v) is 3.37. The Morgan fingerprint density at radius 2 is 2.11 bits per heavy atom. The summed E-state index contributed by atoms with van der Waals surface area (Å²) in [7, 11) is 1.49. The SMILES string of the molecule is CO[C@@H]1OC(CN=[N+]=[N-])[C@H](C)[C@H](C)C1OC(C)=O. The molecule has 1 rings (SSSR count). The highest BCUT2D eigenvalue weighted by Crippen LogP contribution is 2.33. The molecule has 1 saturated heterocycles. The van der Waals surface area contributed by atoms with Gasteiger partial charge in [0, 0.05) is 24.9 Å². The van der Waals surface area contributed by atoms with Crippen molar-refractivity contribution in [1.82, 2.24) is 0 Å². The van der Waals surface area contributed by atoms with Crippen LogP contribution in [0.3, 0.4) is 0 Å². The third-order valence-electron chi connectivity index (χ3n) is 3.37. The normalized spacial score (nSPS) is 35.7. The Morgan fingerprint density at radius 1 is 1.44 bits per heavy atom. The minimum Gasteiger partial charge on any atom is -0.457 e. The van der Waals surface area contributed by atoms with Crippen LogP contribution in [0, 0.1) is 11.8 Å². The molecule has 0 N–H and O–H groups in total. The summed E-state index contributed by atoms with van der Waals surface area (Å²) >= 11 is 0. The largest absolute Gasteiger partial charge is 0.457 e. The number of methoxy groups -OCH3 is 1. The second kappa shape index (κ2) is 6.58. The van der Waals surface area contributed by atoms with Crippen LogP contribution in [0.1, 0.15) is 20.8 Å². The second-order valence-corrected chi connectivity index (χ2v) is 4.48. The van der Waals surface area contributed by atoms with Gasteiger partial charge < -0.3 is 14.2 Å². The molecule has 2 unspecified atom stereocenters. The van der Waals surface area contributed by atoms with Crippen LogP contribution in [0.5, 0.6) is 0 Å². The number of carbonyl (C=O) groups excluding carboxylic acids is 1. The predicted molar refractivity (Wildman–Crippen MR) is 63.6 cm³/mol. The van der Waals surface area contributed by atoms with Crippen molar-refractivity contribution < 1.29 is 19.0 Å². The smallest absolute Gasteiger partial charge is 0.303 e. The molecule has 1 fully saturated rings. The quantitative estimate of drug-likeness (QED) is 0.332. The van der Waals surface area contributed by atoms with Crippen LogP contribution in [0.15, 0.2) is 5.11 Å². The lowest BCUT2D eigenvalue weighted by Gasteiger charge is -2.42. The number of nitrogens with zero attached hydrogens (tertiary/aromatic N) is 3. The van der Waals surface area contributed by atoms with Gasteiger partial charge in [-0.3, -0.25) is 4.79 Å². The van der Waals surface area contributed by atoms with Crippen LogP contribution in [0.2, 0.25) is 0 Å². The summed E-state index contributed by atoms with van der Waals surface area (Å²) in [5.74, 6) is -0.198. The van der Waals surface area contributed by atoms with E-state index < -0.39 is 12.4 Å². The van der Waals surface area contributed by atoms with Gasteiger partial charge in [-0.05, 0) is 11.4 Å². The highest BCUT2D eigenvalue weighted by atomic mass is 16.7. The maximum atomic E-state index is 11.1. The zero-order valence-electron chi connectivity index (χ0n) is 11.1. The zero-order chi connectivity index (χ0) is 13.7. The Bertz CT molecular complexity index is 341. The van der Waals surface area contributed by atoms with Crippen molar-refractivity contribution in [2.75, 3.05) is 13.7 Å². The summed E-state index contributed by atoms with van der Waals surface area (Å²) in [6.07, 6.45) is -1.29. The number of rotatable bonds is 4. The lowest BCUT2D eigenvalue weighted by molar-refractivity contribution is -0.264. The van der Waals surface area contributed by atoms with Gasteiger partial charge in [-0.1, -0.05) is 19.0 Å². The van der Waals surface area contributed by atoms with Gasteiger partial charge in [-0.25, -0.2) is 0 Å². The number of hydrogen-bond donors (Lipinski definition) is 0. The molecule has 0 aromatic heterocycles. The van der Waals surface area contributed by atoms with Crippen molar-refractivity contribution >= 4 is 5.97 Å². The van der Waals surface area contributed by atoms with Gasteiger partial charge in [0.15, 0.2) is 12.4 Å². The highest BCUT2D eigenvalue weighted by molar-refractivity contribution is 5.66. The van der Waals surface area contributed by atoms with Crippen molar-refractivity contribution in [2.24, 2.45) is 17.0 Å². The van der Waals surface area contributed by atoms with E-state index in [1.165, 1.54) is 14.0 Å². The first-order valence-corrected chi connectivity index (χ1v) is 5.87. The lowest BCUT2D eigenvalue weighted by Crippen LogP contribution is -2.52. The number of hydrogen-bond acceptors (Lipinski definition) is 5. The van der Waals surface area contributed by atoms with Crippen LogP contribution >= 0.6 is 0 Å². The summed E-state index contributed by atoms with van der Waals surface area (Å²) in [6, 6.07) is 0. The molecule has 5 atom stereocenters. The van der Waals surface area contributed by atoms with Gasteiger partial charge in [0.05, 0.1) is 12.6 Å². The maximum absolute atomic E-state index is 11.1. The Kier molecular flexibility index (Phi) is 5.40. The van der Waals surface area contributed by atoms with Gasteiger partial charge in [0.2, 0.25) is 0 Å². The fraction of sp³-hybridized carbons (Fsp3) is 0.909. The third kappa shape index (κ3) is 3.35. The molecule has 0 aliphatic carbocycles. The summed E-state index contributed by atoms with van der Waals surface area (Å²) < 4.78 is 16.1. The van der Waals surface area contributed by atoms with Gasteiger partial charge in [0.1, 0.15) is 0 Å². The maximum Gasteiger partial charge on any atom is 0.303 e. The monoisotopic (exact) mass is 257 g/mol. The van der Waals surface area contributed by atoms with E-state index in [1.807, 2.05) is 13.8 Å². The Hall–Kier alpha value is -1.30. The molecule has 7 heteroatoms. The topological polar surface area (TPSA) is 93.5 Å². The summed E-state index contributed by atoms with van der Waals surface area (Å²) in [4.78, 5) is 13.8. The van der Waals surface area contributed by atoms with E-state index >= 15 is 0 Å². The van der Waals surface area contributed by atoms with E-state index in [4.69, 9.17) is 19.7 Å². The van der Waals surface area contributed by atoms with Crippen LogP contribution in [-0.4, -0.2) is 38.1 Å². The van der Waals surface area contributed by atoms with Gasteiger partial charge in [0.25, 0.3) is 0 Å². The summed E-state index contributed by atoms with van der Waals surface area (Å²) in [5.41, 5.74) is 8.35. The van der Waals surface area contributed by atoms with Crippen molar-refractivity contribution in [3.05, 3.63) is 10.4 Å². The molecule has 7 nitrogen and oxygen atoms in total. The van der Waals surface area contributed by atoms with Gasteiger partial charge in [-0.2, -0.15) is 0 Å². The second-order valence-electron chi connectivity index (χ2n) is 4.48. The molecule has 0 bridgehead atoms. The number of esters is 1. The van der Waals surface area contributed by atoms with Crippen molar-refractivity contribution in [3.63, 3.8) is 0 Å². The first-order chi connectivity index (χ1) is 8.51. The average Bonchev–Trinajstić information content (AvgIpc) is 2.34. The summed E-state index contributed by atoms with van der Waals surface area (Å²) in [5, 5.41) is 3.53. The molecule has 0 aromatic carbocycles. The molecule has 1 aliphatic heterocycles. The molecule has 0 aromatic rings. The molecule has 18 heavy (non-hydrogen) atoms. The van der Waals surface area contributed by atoms with Crippen LogP contribution < -0.4 is 0 Å². The van der Waals surface area contributed by atoms with Crippen molar-refractivity contribution in [3.8, 4) is 0 Å². The fourth-order valence-electron chi connectivity index (χ4n) is 2.13. The van der Waals surface area contributed by atoms with E-state index in [1.54, 1.807) is 0 Å². The molecule has 0 radical (unpaired) electrons. The molecule has 0 amide bonds. The average molecular weight is 257 g/mol. The van der Waals surface area contributed by atoms with Gasteiger partial charge in [-0.15, -0.1) is 0 Å². The Labute approximate surface area is 106 Å². The Morgan fingerprint density at radius 3 is 2.61 bits per heavy atom. The molecule has 1 aliphatic rings. The predicted octanol–water partition coefficient (Wildman–Crippen LogP) is 1.87. The molecular weight excluding hydrogens is 238 g/mol. The van der Waals surface area contributed by atoms with Crippen LogP contribution in [-0.2, 0) is 19.0 Å². The van der Waals surface area contributed by atoms with E-state index in [0.717, 1.165) is 0 Å². The molecule has 0 spiro atoms. The van der Waals surface area contributed by atoms with E-state index in [9.17, 15) is 4.79 Å². The number of carbonyl (C=O) groups is 1. The van der Waals surface area contributed by atoms with E-state index in [-0.39, 0.29) is 30.5 Å². The fourth-order valence-corrected chi connectivity index (χ4v) is 2.13. The minimum atomic E-state index is -0.626. The molecular formula is C11H19N3O4. The number of azide groups is 1.